The predicted octanol–water partition coefficient (Wildman–Crippen LogP) is 1.82. The van der Waals surface area contributed by atoms with Crippen LogP contribution in [0.15, 0.2) is 54.9 Å². The van der Waals surface area contributed by atoms with E-state index in [1.165, 1.54) is 17.4 Å². The summed E-state index contributed by atoms with van der Waals surface area (Å²) in [4.78, 5) is 6.43. The summed E-state index contributed by atoms with van der Waals surface area (Å²) in [6.07, 6.45) is 6.49. The van der Waals surface area contributed by atoms with E-state index in [0.29, 0.717) is 0 Å². The van der Waals surface area contributed by atoms with Crippen LogP contribution in [0.1, 0.15) is 17.5 Å². The normalized spacial score (nSPS) is 21.9. The van der Waals surface area contributed by atoms with Crippen molar-refractivity contribution in [3.8, 4) is 0 Å². The molecule has 1 fully saturated rings. The van der Waals surface area contributed by atoms with Crippen LogP contribution in [-0.2, 0) is 23.0 Å². The van der Waals surface area contributed by atoms with Crippen molar-refractivity contribution in [2.75, 3.05) is 12.8 Å². The van der Waals surface area contributed by atoms with E-state index in [1.807, 2.05) is 30.3 Å². The van der Waals surface area contributed by atoms with E-state index in [-0.39, 0.29) is 12.1 Å². The molecule has 1 saturated heterocycles. The maximum absolute atomic E-state index is 11.7. The van der Waals surface area contributed by atoms with E-state index in [2.05, 4.69) is 26.7 Å². The number of sulfonamides is 1. The second kappa shape index (κ2) is 7.42. The van der Waals surface area contributed by atoms with E-state index < -0.39 is 10.0 Å². The first-order valence-electron chi connectivity index (χ1n) is 8.15. The molecule has 2 heterocycles. The summed E-state index contributed by atoms with van der Waals surface area (Å²) in [6, 6.07) is 14.4. The van der Waals surface area contributed by atoms with Crippen molar-refractivity contribution < 1.29 is 8.42 Å². The van der Waals surface area contributed by atoms with Gasteiger partial charge in [-0.15, -0.1) is 0 Å². The van der Waals surface area contributed by atoms with Gasteiger partial charge in [0.1, 0.15) is 0 Å². The minimum Gasteiger partial charge on any atom is -0.294 e. The first-order chi connectivity index (χ1) is 11.5. The number of hydrogen-bond donors (Lipinski definition) is 1. The molecule has 0 unspecified atom stereocenters. The Balaban J connectivity index is 1.79. The fraction of sp³-hybridized carbons (Fsp3) is 0.389. The van der Waals surface area contributed by atoms with Crippen LogP contribution in [0.4, 0.5) is 0 Å². The average Bonchev–Trinajstić information content (AvgIpc) is 2.90. The van der Waals surface area contributed by atoms with E-state index in [1.54, 1.807) is 12.4 Å². The quantitative estimate of drug-likeness (QED) is 0.867. The maximum Gasteiger partial charge on any atom is 0.209 e. The molecule has 0 bridgehead atoms. The first-order valence-corrected chi connectivity index (χ1v) is 10.0. The highest BCUT2D eigenvalue weighted by molar-refractivity contribution is 7.88. The zero-order valence-corrected chi connectivity index (χ0v) is 14.6. The van der Waals surface area contributed by atoms with Gasteiger partial charge in [-0.25, -0.2) is 13.1 Å². The van der Waals surface area contributed by atoms with E-state index in [4.69, 9.17) is 0 Å². The van der Waals surface area contributed by atoms with Crippen LogP contribution in [0.5, 0.6) is 0 Å². The Kier molecular flexibility index (Phi) is 5.28. The molecule has 128 valence electrons. The molecule has 1 aromatic heterocycles. The minimum atomic E-state index is -3.22. The van der Waals surface area contributed by atoms with Gasteiger partial charge in [0.2, 0.25) is 10.0 Å². The molecule has 5 nitrogen and oxygen atoms in total. The zero-order chi connectivity index (χ0) is 17.0. The molecular formula is C18H23N3O2S. The predicted molar refractivity (Wildman–Crippen MR) is 95.0 cm³/mol. The average molecular weight is 345 g/mol. The second-order valence-electron chi connectivity index (χ2n) is 6.37. The fourth-order valence-electron chi connectivity index (χ4n) is 3.38. The number of hydrogen-bond acceptors (Lipinski definition) is 4. The largest absolute Gasteiger partial charge is 0.294 e. The van der Waals surface area contributed by atoms with Gasteiger partial charge in [0.25, 0.3) is 0 Å². The van der Waals surface area contributed by atoms with E-state index >= 15 is 0 Å². The van der Waals surface area contributed by atoms with Crippen molar-refractivity contribution in [1.82, 2.24) is 14.6 Å². The number of benzene rings is 1. The third-order valence-electron chi connectivity index (χ3n) is 4.45. The molecule has 0 radical (unpaired) electrons. The highest BCUT2D eigenvalue weighted by Crippen LogP contribution is 2.24. The third-order valence-corrected chi connectivity index (χ3v) is 5.18. The lowest BCUT2D eigenvalue weighted by Crippen LogP contribution is -2.45. The molecule has 1 aliphatic rings. The molecule has 1 aliphatic heterocycles. The topological polar surface area (TPSA) is 62.3 Å². The van der Waals surface area contributed by atoms with Crippen molar-refractivity contribution in [1.29, 1.82) is 0 Å². The number of rotatable bonds is 6. The summed E-state index contributed by atoms with van der Waals surface area (Å²) in [5.74, 6) is 0. The zero-order valence-electron chi connectivity index (χ0n) is 13.8. The highest BCUT2D eigenvalue weighted by atomic mass is 32.2. The van der Waals surface area contributed by atoms with Crippen molar-refractivity contribution in [2.45, 2.75) is 31.5 Å². The van der Waals surface area contributed by atoms with Crippen LogP contribution in [0.3, 0.4) is 0 Å². The van der Waals surface area contributed by atoms with Crippen LogP contribution >= 0.6 is 0 Å². The van der Waals surface area contributed by atoms with Crippen LogP contribution < -0.4 is 4.72 Å². The van der Waals surface area contributed by atoms with Crippen molar-refractivity contribution >= 4 is 10.0 Å². The summed E-state index contributed by atoms with van der Waals surface area (Å²) >= 11 is 0. The number of pyridine rings is 1. The van der Waals surface area contributed by atoms with E-state index in [9.17, 15) is 8.42 Å². The van der Waals surface area contributed by atoms with Gasteiger partial charge in [-0.05, 0) is 36.1 Å². The Labute approximate surface area is 143 Å². The molecule has 1 aromatic carbocycles. The Morgan fingerprint density at radius 2 is 1.83 bits per heavy atom. The van der Waals surface area contributed by atoms with Crippen molar-refractivity contribution in [3.63, 3.8) is 0 Å². The summed E-state index contributed by atoms with van der Waals surface area (Å²) in [7, 11) is -3.22. The minimum absolute atomic E-state index is 0.0537. The molecule has 24 heavy (non-hydrogen) atoms. The van der Waals surface area contributed by atoms with Gasteiger partial charge in [0.05, 0.1) is 6.26 Å². The Bertz CT molecular complexity index is 750. The lowest BCUT2D eigenvalue weighted by Gasteiger charge is -2.28. The standard InChI is InChI=1S/C18H23N3O2S/c1-24(22,23)20-17-9-12-21(14-16-7-10-19-11-8-16)18(17)13-15-5-3-2-4-6-15/h2-8,10-11,17-18,20H,9,12-14H2,1H3/t17-,18+/m1/s1. The molecule has 0 aliphatic carbocycles. The van der Waals surface area contributed by atoms with Crippen LogP contribution in [0.2, 0.25) is 0 Å². The van der Waals surface area contributed by atoms with Gasteiger partial charge in [-0.2, -0.15) is 0 Å². The van der Waals surface area contributed by atoms with Gasteiger partial charge in [-0.3, -0.25) is 9.88 Å². The Morgan fingerprint density at radius 3 is 2.50 bits per heavy atom. The van der Waals surface area contributed by atoms with Gasteiger partial charge < -0.3 is 0 Å². The summed E-state index contributed by atoms with van der Waals surface area (Å²) in [5.41, 5.74) is 2.42. The Hall–Kier alpha value is -1.76. The van der Waals surface area contributed by atoms with Crippen LogP contribution in [0, 0.1) is 0 Å². The highest BCUT2D eigenvalue weighted by Gasteiger charge is 2.35. The molecule has 0 amide bonds. The van der Waals surface area contributed by atoms with Crippen molar-refractivity contribution in [2.24, 2.45) is 0 Å². The molecule has 1 N–H and O–H groups in total. The lowest BCUT2D eigenvalue weighted by molar-refractivity contribution is 0.231. The van der Waals surface area contributed by atoms with Crippen molar-refractivity contribution in [3.05, 3.63) is 66.0 Å². The van der Waals surface area contributed by atoms with Gasteiger partial charge in [0.15, 0.2) is 0 Å². The number of nitrogens with zero attached hydrogens (tertiary/aromatic N) is 2. The number of aromatic nitrogens is 1. The summed E-state index contributed by atoms with van der Waals surface area (Å²) in [6.45, 7) is 1.69. The number of likely N-dealkylation sites (tertiary alicyclic amines) is 1. The SMILES string of the molecule is CS(=O)(=O)N[C@@H]1CCN(Cc2ccncc2)[C@H]1Cc1ccccc1. The summed E-state index contributed by atoms with van der Waals surface area (Å²) in [5, 5.41) is 0. The molecule has 2 aromatic rings. The Morgan fingerprint density at radius 1 is 1.12 bits per heavy atom. The fourth-order valence-corrected chi connectivity index (χ4v) is 4.20. The maximum atomic E-state index is 11.7. The second-order valence-corrected chi connectivity index (χ2v) is 8.15. The van der Waals surface area contributed by atoms with Gasteiger partial charge in [-0.1, -0.05) is 30.3 Å². The van der Waals surface area contributed by atoms with Crippen LogP contribution in [0.25, 0.3) is 0 Å². The third kappa shape index (κ3) is 4.63. The molecule has 6 heteroatoms. The number of nitrogens with one attached hydrogen (secondary N) is 1. The molecule has 0 spiro atoms. The molecule has 3 rings (SSSR count). The molecular weight excluding hydrogens is 322 g/mol. The first kappa shape index (κ1) is 17.1. The smallest absolute Gasteiger partial charge is 0.209 e. The van der Waals surface area contributed by atoms with Crippen LogP contribution in [-0.4, -0.2) is 43.2 Å². The monoisotopic (exact) mass is 345 g/mol. The van der Waals surface area contributed by atoms with E-state index in [0.717, 1.165) is 25.9 Å². The molecule has 2 atom stereocenters. The summed E-state index contributed by atoms with van der Waals surface area (Å²) < 4.78 is 26.2. The van der Waals surface area contributed by atoms with Gasteiger partial charge >= 0.3 is 0 Å². The van der Waals surface area contributed by atoms with Gasteiger partial charge in [0, 0.05) is 37.6 Å². The molecule has 0 saturated carbocycles. The lowest BCUT2D eigenvalue weighted by atomic mass is 10.0.